The SMILES string of the molecule is C/C=C/C(=O)N(C1=CC=CC(C#CCOC2CCN(CC3CCN(C(=O)OC(C)(C)C)CC3)CC2)C1C)C1CCC(=O)NC1=O. The molecule has 10 nitrogen and oxygen atoms in total. The fourth-order valence-electron chi connectivity index (χ4n) is 6.43. The number of rotatable bonds is 7. The maximum Gasteiger partial charge on any atom is 0.410 e. The Kier molecular flexibility index (Phi) is 12.0. The van der Waals surface area contributed by atoms with E-state index in [2.05, 4.69) is 22.1 Å². The quantitative estimate of drug-likeness (QED) is 0.260. The molecule has 0 bridgehead atoms. The first-order valence-corrected chi connectivity index (χ1v) is 16.4. The molecular weight excluding hydrogens is 572 g/mol. The Labute approximate surface area is 268 Å². The molecule has 246 valence electrons. The number of nitrogens with zero attached hydrogens (tertiary/aromatic N) is 3. The van der Waals surface area contributed by atoms with Crippen LogP contribution in [0.1, 0.15) is 73.1 Å². The summed E-state index contributed by atoms with van der Waals surface area (Å²) in [4.78, 5) is 55.7. The lowest BCUT2D eigenvalue weighted by molar-refractivity contribution is -0.142. The molecule has 4 rings (SSSR count). The lowest BCUT2D eigenvalue weighted by Crippen LogP contribution is -2.54. The van der Waals surface area contributed by atoms with Gasteiger partial charge in [-0.05, 0) is 77.9 Å². The standard InChI is InChI=1S/C35H50N4O6/c1-6-9-32(41)39(30-13-14-31(40)36-33(30)42)29-12-7-10-27(25(29)2)11-8-23-44-28-17-19-37(20-18-28)24-26-15-21-38(22-16-26)34(43)45-35(3,4)5/h6-7,9-10,12,25-28,30H,13-24H2,1-5H3,(H,36,40,42)/b9-6+. The van der Waals surface area contributed by atoms with Crippen molar-refractivity contribution in [3.63, 3.8) is 0 Å². The van der Waals surface area contributed by atoms with Gasteiger partial charge in [0.1, 0.15) is 18.2 Å². The molecule has 3 saturated heterocycles. The van der Waals surface area contributed by atoms with Gasteiger partial charge >= 0.3 is 6.09 Å². The summed E-state index contributed by atoms with van der Waals surface area (Å²) in [5.74, 6) is 5.80. The molecule has 0 spiro atoms. The van der Waals surface area contributed by atoms with Gasteiger partial charge in [-0.2, -0.15) is 0 Å². The highest BCUT2D eigenvalue weighted by molar-refractivity contribution is 6.03. The molecule has 3 heterocycles. The number of piperidine rings is 3. The van der Waals surface area contributed by atoms with Crippen LogP contribution in [-0.2, 0) is 23.9 Å². The number of nitrogens with one attached hydrogen (secondary N) is 1. The molecule has 0 aromatic rings. The molecule has 3 aliphatic heterocycles. The summed E-state index contributed by atoms with van der Waals surface area (Å²) in [6.45, 7) is 14.4. The Morgan fingerprint density at radius 2 is 1.80 bits per heavy atom. The largest absolute Gasteiger partial charge is 0.444 e. The van der Waals surface area contributed by atoms with E-state index in [0.29, 0.717) is 12.5 Å². The predicted octanol–water partition coefficient (Wildman–Crippen LogP) is 4.03. The zero-order valence-corrected chi connectivity index (χ0v) is 27.5. The third-order valence-corrected chi connectivity index (χ3v) is 8.91. The van der Waals surface area contributed by atoms with Crippen LogP contribution in [0.3, 0.4) is 0 Å². The number of amides is 4. The summed E-state index contributed by atoms with van der Waals surface area (Å²) < 4.78 is 11.7. The normalized spacial score (nSPS) is 25.4. The molecule has 0 radical (unpaired) electrons. The van der Waals surface area contributed by atoms with Gasteiger partial charge in [-0.3, -0.25) is 24.6 Å². The van der Waals surface area contributed by atoms with Gasteiger partial charge in [0.2, 0.25) is 11.8 Å². The molecule has 4 aliphatic rings. The van der Waals surface area contributed by atoms with E-state index >= 15 is 0 Å². The van der Waals surface area contributed by atoms with Crippen LogP contribution in [0, 0.1) is 29.6 Å². The highest BCUT2D eigenvalue weighted by Gasteiger charge is 2.38. The van der Waals surface area contributed by atoms with E-state index in [9.17, 15) is 19.2 Å². The van der Waals surface area contributed by atoms with E-state index < -0.39 is 17.6 Å². The van der Waals surface area contributed by atoms with Gasteiger partial charge in [0.05, 0.1) is 6.10 Å². The Bertz CT molecular complexity index is 1240. The maximum atomic E-state index is 13.1. The number of hydrogen-bond acceptors (Lipinski definition) is 7. The minimum Gasteiger partial charge on any atom is -0.444 e. The highest BCUT2D eigenvalue weighted by Crippen LogP contribution is 2.32. The number of ether oxygens (including phenoxy) is 2. The number of hydrogen-bond donors (Lipinski definition) is 1. The fourth-order valence-corrected chi connectivity index (χ4v) is 6.43. The molecule has 1 aliphatic carbocycles. The van der Waals surface area contributed by atoms with Crippen molar-refractivity contribution in [3.8, 4) is 11.8 Å². The number of allylic oxidation sites excluding steroid dienone is 5. The summed E-state index contributed by atoms with van der Waals surface area (Å²) in [6.07, 6.45) is 13.3. The second-order valence-corrected chi connectivity index (χ2v) is 13.5. The Hall–Kier alpha value is -3.42. The lowest BCUT2D eigenvalue weighted by Gasteiger charge is -2.38. The van der Waals surface area contributed by atoms with Gasteiger partial charge in [0.15, 0.2) is 0 Å². The van der Waals surface area contributed by atoms with Gasteiger partial charge in [-0.25, -0.2) is 4.79 Å². The topological polar surface area (TPSA) is 108 Å². The van der Waals surface area contributed by atoms with Crippen molar-refractivity contribution in [2.45, 2.75) is 90.9 Å². The molecule has 1 N–H and O–H groups in total. The van der Waals surface area contributed by atoms with Crippen molar-refractivity contribution in [1.82, 2.24) is 20.0 Å². The van der Waals surface area contributed by atoms with E-state index in [4.69, 9.17) is 9.47 Å². The van der Waals surface area contributed by atoms with Crippen molar-refractivity contribution >= 4 is 23.8 Å². The van der Waals surface area contributed by atoms with Crippen LogP contribution in [0.4, 0.5) is 4.79 Å². The molecule has 4 amide bonds. The summed E-state index contributed by atoms with van der Waals surface area (Å²) in [5.41, 5.74) is 0.255. The van der Waals surface area contributed by atoms with Crippen LogP contribution in [0.2, 0.25) is 0 Å². The molecule has 3 fully saturated rings. The van der Waals surface area contributed by atoms with E-state index in [-0.39, 0.29) is 48.7 Å². The fraction of sp³-hybridized carbons (Fsp3) is 0.657. The number of imide groups is 1. The number of likely N-dealkylation sites (tertiary alicyclic amines) is 2. The minimum atomic E-state index is -0.737. The van der Waals surface area contributed by atoms with Crippen molar-refractivity contribution in [2.24, 2.45) is 17.8 Å². The molecule has 45 heavy (non-hydrogen) atoms. The van der Waals surface area contributed by atoms with Crippen LogP contribution in [-0.4, -0.2) is 95.6 Å². The average molecular weight is 623 g/mol. The van der Waals surface area contributed by atoms with Crippen molar-refractivity contribution in [2.75, 3.05) is 39.3 Å². The van der Waals surface area contributed by atoms with Gasteiger partial charge < -0.3 is 19.3 Å². The first-order valence-electron chi connectivity index (χ1n) is 16.4. The average Bonchev–Trinajstić information content (AvgIpc) is 2.98. The van der Waals surface area contributed by atoms with E-state index in [1.165, 1.54) is 11.0 Å². The van der Waals surface area contributed by atoms with Crippen LogP contribution in [0.25, 0.3) is 0 Å². The second kappa shape index (κ2) is 15.7. The summed E-state index contributed by atoms with van der Waals surface area (Å²) in [7, 11) is 0. The number of carbonyl (C=O) groups is 4. The van der Waals surface area contributed by atoms with Crippen molar-refractivity contribution < 1.29 is 28.7 Å². The Morgan fingerprint density at radius 1 is 1.09 bits per heavy atom. The van der Waals surface area contributed by atoms with Crippen molar-refractivity contribution in [1.29, 1.82) is 0 Å². The lowest BCUT2D eigenvalue weighted by atomic mass is 9.85. The Balaban J connectivity index is 1.21. The van der Waals surface area contributed by atoms with E-state index in [1.54, 1.807) is 13.0 Å². The van der Waals surface area contributed by atoms with Crippen molar-refractivity contribution in [3.05, 3.63) is 36.1 Å². The van der Waals surface area contributed by atoms with Crippen LogP contribution >= 0.6 is 0 Å². The van der Waals surface area contributed by atoms with Crippen LogP contribution in [0.15, 0.2) is 36.1 Å². The molecular formula is C35H50N4O6. The number of carbonyl (C=O) groups excluding carboxylic acids is 4. The first kappa shape index (κ1) is 34.5. The molecule has 3 atom stereocenters. The highest BCUT2D eigenvalue weighted by atomic mass is 16.6. The summed E-state index contributed by atoms with van der Waals surface area (Å²) in [6, 6.07) is -0.737. The molecule has 0 saturated carbocycles. The second-order valence-electron chi connectivity index (χ2n) is 13.5. The predicted molar refractivity (Wildman–Crippen MR) is 171 cm³/mol. The monoisotopic (exact) mass is 622 g/mol. The van der Waals surface area contributed by atoms with Crippen LogP contribution < -0.4 is 5.32 Å². The third-order valence-electron chi connectivity index (χ3n) is 8.91. The zero-order chi connectivity index (χ0) is 32.6. The Morgan fingerprint density at radius 3 is 2.44 bits per heavy atom. The summed E-state index contributed by atoms with van der Waals surface area (Å²) >= 11 is 0. The molecule has 3 unspecified atom stereocenters. The molecule has 0 aromatic heterocycles. The zero-order valence-electron chi connectivity index (χ0n) is 27.5. The molecule has 0 aromatic carbocycles. The minimum absolute atomic E-state index is 0.124. The van der Waals surface area contributed by atoms with Gasteiger partial charge in [-0.15, -0.1) is 0 Å². The van der Waals surface area contributed by atoms with E-state index in [0.717, 1.165) is 64.1 Å². The smallest absolute Gasteiger partial charge is 0.410 e. The van der Waals surface area contributed by atoms with Crippen LogP contribution in [0.5, 0.6) is 0 Å². The van der Waals surface area contributed by atoms with Gasteiger partial charge in [-0.1, -0.05) is 37.0 Å². The summed E-state index contributed by atoms with van der Waals surface area (Å²) in [5, 5.41) is 2.37. The van der Waals surface area contributed by atoms with E-state index in [1.807, 2.05) is 50.8 Å². The van der Waals surface area contributed by atoms with Gasteiger partial charge in [0.25, 0.3) is 5.91 Å². The van der Waals surface area contributed by atoms with Gasteiger partial charge in [0, 0.05) is 56.7 Å². The third kappa shape index (κ3) is 9.78. The molecule has 10 heteroatoms. The maximum absolute atomic E-state index is 13.1. The first-order chi connectivity index (χ1) is 21.4.